The van der Waals surface area contributed by atoms with Gasteiger partial charge >= 0.3 is 0 Å². The summed E-state index contributed by atoms with van der Waals surface area (Å²) in [5.74, 6) is 1.57. The monoisotopic (exact) mass is 332 g/mol. The minimum absolute atomic E-state index is 0.0741. The lowest BCUT2D eigenvalue weighted by Gasteiger charge is -2.31. The minimum atomic E-state index is -0.250. The molecule has 1 unspecified atom stereocenters. The maximum Gasteiger partial charge on any atom is 0.146 e. The van der Waals surface area contributed by atoms with E-state index >= 15 is 0 Å². The Bertz CT molecular complexity index is 678. The SMILES string of the molecule is Cc1ccc(C(C)NCc2ccc(N3CCC(O)CC3)c(F)c2)o1. The highest BCUT2D eigenvalue weighted by atomic mass is 19.1. The van der Waals surface area contributed by atoms with E-state index in [1.165, 1.54) is 0 Å². The molecule has 1 aromatic carbocycles. The first-order valence-electron chi connectivity index (χ1n) is 8.54. The third-order valence-corrected chi connectivity index (χ3v) is 4.62. The number of furan rings is 1. The van der Waals surface area contributed by atoms with Crippen LogP contribution >= 0.6 is 0 Å². The van der Waals surface area contributed by atoms with Crippen molar-refractivity contribution in [3.8, 4) is 0 Å². The standard InChI is InChI=1S/C19H25FN2O2/c1-13-3-6-19(24-13)14(2)21-12-15-4-5-18(17(20)11-15)22-9-7-16(23)8-10-22/h3-6,11,14,16,21,23H,7-10,12H2,1-2H3. The molecule has 1 aromatic heterocycles. The van der Waals surface area contributed by atoms with Gasteiger partial charge in [-0.25, -0.2) is 4.39 Å². The van der Waals surface area contributed by atoms with Crippen molar-refractivity contribution in [1.29, 1.82) is 0 Å². The lowest BCUT2D eigenvalue weighted by atomic mass is 10.1. The topological polar surface area (TPSA) is 48.6 Å². The number of benzene rings is 1. The van der Waals surface area contributed by atoms with E-state index in [2.05, 4.69) is 5.32 Å². The van der Waals surface area contributed by atoms with E-state index in [1.54, 1.807) is 6.07 Å². The molecule has 5 heteroatoms. The molecule has 1 aliphatic rings. The highest BCUT2D eigenvalue weighted by Gasteiger charge is 2.19. The lowest BCUT2D eigenvalue weighted by Crippen LogP contribution is -2.36. The molecule has 2 aromatic rings. The van der Waals surface area contributed by atoms with Gasteiger partial charge in [-0.15, -0.1) is 0 Å². The van der Waals surface area contributed by atoms with Crippen molar-refractivity contribution < 1.29 is 13.9 Å². The summed E-state index contributed by atoms with van der Waals surface area (Å²) in [5, 5.41) is 12.9. The van der Waals surface area contributed by atoms with Crippen LogP contribution in [0.5, 0.6) is 0 Å². The summed E-state index contributed by atoms with van der Waals surface area (Å²) < 4.78 is 20.0. The predicted molar refractivity (Wildman–Crippen MR) is 92.6 cm³/mol. The van der Waals surface area contributed by atoms with Gasteiger partial charge in [0.2, 0.25) is 0 Å². The van der Waals surface area contributed by atoms with E-state index in [0.29, 0.717) is 38.2 Å². The van der Waals surface area contributed by atoms with Gasteiger partial charge < -0.3 is 19.7 Å². The van der Waals surface area contributed by atoms with Crippen LogP contribution in [0.2, 0.25) is 0 Å². The lowest BCUT2D eigenvalue weighted by molar-refractivity contribution is 0.145. The van der Waals surface area contributed by atoms with E-state index < -0.39 is 0 Å². The van der Waals surface area contributed by atoms with Crippen LogP contribution in [0.3, 0.4) is 0 Å². The molecule has 4 nitrogen and oxygen atoms in total. The first-order chi connectivity index (χ1) is 11.5. The van der Waals surface area contributed by atoms with Crippen LogP contribution < -0.4 is 10.2 Å². The number of hydrogen-bond acceptors (Lipinski definition) is 4. The van der Waals surface area contributed by atoms with Gasteiger partial charge in [0.05, 0.1) is 17.8 Å². The Morgan fingerprint density at radius 1 is 1.29 bits per heavy atom. The van der Waals surface area contributed by atoms with Crippen LogP contribution in [0.25, 0.3) is 0 Å². The number of nitrogens with zero attached hydrogens (tertiary/aromatic N) is 1. The minimum Gasteiger partial charge on any atom is -0.465 e. The van der Waals surface area contributed by atoms with Crippen molar-refractivity contribution in [2.45, 2.75) is 45.4 Å². The molecule has 0 aliphatic carbocycles. The maximum absolute atomic E-state index is 14.4. The smallest absolute Gasteiger partial charge is 0.146 e. The molecule has 0 amide bonds. The second kappa shape index (κ2) is 7.36. The molecule has 0 saturated carbocycles. The Balaban J connectivity index is 1.60. The highest BCUT2D eigenvalue weighted by Crippen LogP contribution is 2.24. The van der Waals surface area contributed by atoms with Crippen LogP contribution in [0.4, 0.5) is 10.1 Å². The Labute approximate surface area is 142 Å². The Kier molecular flexibility index (Phi) is 5.21. The fourth-order valence-corrected chi connectivity index (χ4v) is 3.08. The second-order valence-electron chi connectivity index (χ2n) is 6.55. The third kappa shape index (κ3) is 3.97. The number of hydrogen-bond donors (Lipinski definition) is 2. The van der Waals surface area contributed by atoms with Crippen LogP contribution in [0.15, 0.2) is 34.7 Å². The van der Waals surface area contributed by atoms with E-state index in [1.807, 2.05) is 43.0 Å². The van der Waals surface area contributed by atoms with Gasteiger partial charge in [0.25, 0.3) is 0 Å². The fraction of sp³-hybridized carbons (Fsp3) is 0.474. The number of piperidine rings is 1. The molecule has 1 fully saturated rings. The molecule has 1 aliphatic heterocycles. The van der Waals surface area contributed by atoms with Crippen molar-refractivity contribution >= 4 is 5.69 Å². The van der Waals surface area contributed by atoms with Crippen molar-refractivity contribution in [2.24, 2.45) is 0 Å². The Hall–Kier alpha value is -1.85. The van der Waals surface area contributed by atoms with Gasteiger partial charge in [-0.1, -0.05) is 6.07 Å². The van der Waals surface area contributed by atoms with Gasteiger partial charge in [0.1, 0.15) is 17.3 Å². The molecule has 130 valence electrons. The molecule has 0 radical (unpaired) electrons. The van der Waals surface area contributed by atoms with Gasteiger partial charge in [-0.2, -0.15) is 0 Å². The summed E-state index contributed by atoms with van der Waals surface area (Å²) in [6.07, 6.45) is 1.14. The zero-order valence-electron chi connectivity index (χ0n) is 14.3. The summed E-state index contributed by atoms with van der Waals surface area (Å²) in [5.41, 5.74) is 1.53. The van der Waals surface area contributed by atoms with Gasteiger partial charge in [0, 0.05) is 19.6 Å². The van der Waals surface area contributed by atoms with Crippen LogP contribution in [-0.4, -0.2) is 24.3 Å². The van der Waals surface area contributed by atoms with E-state index in [0.717, 1.165) is 17.1 Å². The molecule has 3 rings (SSSR count). The maximum atomic E-state index is 14.4. The van der Waals surface area contributed by atoms with Crippen molar-refractivity contribution in [1.82, 2.24) is 5.32 Å². The summed E-state index contributed by atoms with van der Waals surface area (Å²) in [6, 6.07) is 9.36. The largest absolute Gasteiger partial charge is 0.465 e. The average molecular weight is 332 g/mol. The number of rotatable bonds is 5. The number of aliphatic hydroxyl groups excluding tert-OH is 1. The highest BCUT2D eigenvalue weighted by molar-refractivity contribution is 5.49. The number of aliphatic hydroxyl groups is 1. The molecule has 0 spiro atoms. The van der Waals surface area contributed by atoms with E-state index in [4.69, 9.17) is 4.42 Å². The zero-order chi connectivity index (χ0) is 17.1. The van der Waals surface area contributed by atoms with Crippen molar-refractivity contribution in [2.75, 3.05) is 18.0 Å². The summed E-state index contributed by atoms with van der Waals surface area (Å²) in [6.45, 7) is 5.93. The predicted octanol–water partition coefficient (Wildman–Crippen LogP) is 3.54. The first kappa shape index (κ1) is 17.0. The molecule has 1 saturated heterocycles. The normalized spacial score (nSPS) is 17.2. The molecular weight excluding hydrogens is 307 g/mol. The molecule has 24 heavy (non-hydrogen) atoms. The van der Waals surface area contributed by atoms with Gasteiger partial charge in [-0.3, -0.25) is 0 Å². The molecular formula is C19H25FN2O2. The van der Waals surface area contributed by atoms with Gasteiger partial charge in [0.15, 0.2) is 0 Å². The van der Waals surface area contributed by atoms with Crippen LogP contribution in [0.1, 0.15) is 42.9 Å². The number of halogens is 1. The molecule has 0 bridgehead atoms. The van der Waals surface area contributed by atoms with Gasteiger partial charge in [-0.05, 0) is 56.5 Å². The zero-order valence-corrected chi connectivity index (χ0v) is 14.3. The fourth-order valence-electron chi connectivity index (χ4n) is 3.08. The quantitative estimate of drug-likeness (QED) is 0.879. The Morgan fingerprint density at radius 3 is 2.67 bits per heavy atom. The number of nitrogens with one attached hydrogen (secondary N) is 1. The summed E-state index contributed by atoms with van der Waals surface area (Å²) in [4.78, 5) is 2.01. The van der Waals surface area contributed by atoms with E-state index in [9.17, 15) is 9.50 Å². The summed E-state index contributed by atoms with van der Waals surface area (Å²) in [7, 11) is 0. The van der Waals surface area contributed by atoms with Crippen LogP contribution in [0, 0.1) is 12.7 Å². The van der Waals surface area contributed by atoms with Crippen molar-refractivity contribution in [3.05, 3.63) is 53.2 Å². The molecule has 1 atom stereocenters. The average Bonchev–Trinajstić information content (AvgIpc) is 3.00. The number of anilines is 1. The van der Waals surface area contributed by atoms with E-state index in [-0.39, 0.29) is 18.0 Å². The summed E-state index contributed by atoms with van der Waals surface area (Å²) >= 11 is 0. The van der Waals surface area contributed by atoms with Crippen LogP contribution in [-0.2, 0) is 6.54 Å². The number of aryl methyl sites for hydroxylation is 1. The second-order valence-corrected chi connectivity index (χ2v) is 6.55. The first-order valence-corrected chi connectivity index (χ1v) is 8.54. The third-order valence-electron chi connectivity index (χ3n) is 4.62. The Morgan fingerprint density at radius 2 is 2.04 bits per heavy atom. The molecule has 2 heterocycles. The van der Waals surface area contributed by atoms with Crippen molar-refractivity contribution in [3.63, 3.8) is 0 Å². The molecule has 2 N–H and O–H groups in total.